The van der Waals surface area contributed by atoms with Crippen LogP contribution in [0.2, 0.25) is 0 Å². The zero-order valence-electron chi connectivity index (χ0n) is 8.56. The van der Waals surface area contributed by atoms with Gasteiger partial charge in [0.15, 0.2) is 6.10 Å². The normalized spacial score (nSPS) is 26.1. The van der Waals surface area contributed by atoms with E-state index in [0.29, 0.717) is 12.8 Å². The molecule has 0 amide bonds. The standard InChI is InChI=1S/C10H17F3O/c1-9(2)5-3-7(4-6-9)8(14)10(11,12)13/h7-8,14H,3-6H2,1-2H3. The lowest BCUT2D eigenvalue weighted by atomic mass is 9.71. The maximum absolute atomic E-state index is 12.2. The van der Waals surface area contributed by atoms with Gasteiger partial charge < -0.3 is 5.11 Å². The lowest BCUT2D eigenvalue weighted by Crippen LogP contribution is -2.38. The number of aliphatic hydroxyl groups excluding tert-OH is 1. The first kappa shape index (κ1) is 11.8. The Morgan fingerprint density at radius 1 is 1.21 bits per heavy atom. The summed E-state index contributed by atoms with van der Waals surface area (Å²) >= 11 is 0. The van der Waals surface area contributed by atoms with Crippen molar-refractivity contribution in [2.75, 3.05) is 0 Å². The fourth-order valence-electron chi connectivity index (χ4n) is 2.00. The van der Waals surface area contributed by atoms with Gasteiger partial charge in [-0.15, -0.1) is 0 Å². The molecular weight excluding hydrogens is 193 g/mol. The molecule has 1 N–H and O–H groups in total. The molecule has 0 heterocycles. The fraction of sp³-hybridized carbons (Fsp3) is 1.00. The second-order valence-corrected chi connectivity index (χ2v) is 4.99. The van der Waals surface area contributed by atoms with E-state index in [0.717, 1.165) is 12.8 Å². The highest BCUT2D eigenvalue weighted by atomic mass is 19.4. The number of rotatable bonds is 1. The van der Waals surface area contributed by atoms with Crippen molar-refractivity contribution in [2.45, 2.75) is 51.8 Å². The lowest BCUT2D eigenvalue weighted by Gasteiger charge is -2.36. The first-order valence-corrected chi connectivity index (χ1v) is 4.97. The van der Waals surface area contributed by atoms with Gasteiger partial charge in [0.2, 0.25) is 0 Å². The van der Waals surface area contributed by atoms with Crippen LogP contribution < -0.4 is 0 Å². The van der Waals surface area contributed by atoms with E-state index in [9.17, 15) is 13.2 Å². The van der Waals surface area contributed by atoms with Gasteiger partial charge >= 0.3 is 6.18 Å². The molecule has 0 radical (unpaired) electrons. The van der Waals surface area contributed by atoms with E-state index in [1.807, 2.05) is 0 Å². The number of aliphatic hydroxyl groups is 1. The van der Waals surface area contributed by atoms with E-state index in [2.05, 4.69) is 13.8 Å². The highest BCUT2D eigenvalue weighted by Gasteiger charge is 2.45. The SMILES string of the molecule is CC1(C)CCC(C(O)C(F)(F)F)CC1. The molecule has 84 valence electrons. The van der Waals surface area contributed by atoms with Gasteiger partial charge in [0.1, 0.15) is 0 Å². The molecule has 14 heavy (non-hydrogen) atoms. The topological polar surface area (TPSA) is 20.2 Å². The lowest BCUT2D eigenvalue weighted by molar-refractivity contribution is -0.223. The molecular formula is C10H17F3O. The van der Waals surface area contributed by atoms with Crippen LogP contribution in [0.5, 0.6) is 0 Å². The molecule has 0 saturated heterocycles. The van der Waals surface area contributed by atoms with Gasteiger partial charge in [-0.05, 0) is 37.0 Å². The third kappa shape index (κ3) is 2.87. The molecule has 0 aromatic heterocycles. The van der Waals surface area contributed by atoms with Crippen molar-refractivity contribution < 1.29 is 18.3 Å². The van der Waals surface area contributed by atoms with Crippen LogP contribution in [0.3, 0.4) is 0 Å². The quantitative estimate of drug-likeness (QED) is 0.705. The Morgan fingerprint density at radius 2 is 1.64 bits per heavy atom. The summed E-state index contributed by atoms with van der Waals surface area (Å²) in [5, 5.41) is 9.06. The Labute approximate surface area is 82.3 Å². The van der Waals surface area contributed by atoms with Crippen LogP contribution in [-0.4, -0.2) is 17.4 Å². The van der Waals surface area contributed by atoms with Crippen LogP contribution in [-0.2, 0) is 0 Å². The molecule has 0 bridgehead atoms. The Bertz CT molecular complexity index is 188. The second-order valence-electron chi connectivity index (χ2n) is 4.99. The van der Waals surface area contributed by atoms with Crippen molar-refractivity contribution in [3.8, 4) is 0 Å². The predicted octanol–water partition coefficient (Wildman–Crippen LogP) is 3.13. The number of alkyl halides is 3. The maximum atomic E-state index is 12.2. The Hall–Kier alpha value is -0.250. The molecule has 1 aliphatic rings. The van der Waals surface area contributed by atoms with Gasteiger partial charge in [0.25, 0.3) is 0 Å². The van der Waals surface area contributed by atoms with Crippen molar-refractivity contribution in [2.24, 2.45) is 11.3 Å². The molecule has 0 aromatic carbocycles. The van der Waals surface area contributed by atoms with Gasteiger partial charge in [-0.3, -0.25) is 0 Å². The molecule has 0 spiro atoms. The van der Waals surface area contributed by atoms with E-state index in [1.165, 1.54) is 0 Å². The highest BCUT2D eigenvalue weighted by Crippen LogP contribution is 2.42. The zero-order chi connectivity index (χ0) is 11.0. The summed E-state index contributed by atoms with van der Waals surface area (Å²) in [4.78, 5) is 0. The minimum atomic E-state index is -4.45. The fourth-order valence-corrected chi connectivity index (χ4v) is 2.00. The molecule has 1 fully saturated rings. The summed E-state index contributed by atoms with van der Waals surface area (Å²) < 4.78 is 36.5. The summed E-state index contributed by atoms with van der Waals surface area (Å²) in [5.74, 6) is -0.594. The van der Waals surface area contributed by atoms with Crippen LogP contribution in [0, 0.1) is 11.3 Å². The second kappa shape index (κ2) is 3.72. The summed E-state index contributed by atoms with van der Waals surface area (Å²) in [7, 11) is 0. The average Bonchev–Trinajstić information content (AvgIpc) is 2.01. The summed E-state index contributed by atoms with van der Waals surface area (Å²) in [6.07, 6.45) is -4.08. The largest absolute Gasteiger partial charge is 0.414 e. The predicted molar refractivity (Wildman–Crippen MR) is 47.8 cm³/mol. The molecule has 1 rings (SSSR count). The minimum Gasteiger partial charge on any atom is -0.383 e. The van der Waals surface area contributed by atoms with Gasteiger partial charge in [0, 0.05) is 0 Å². The highest BCUT2D eigenvalue weighted by molar-refractivity contribution is 4.84. The van der Waals surface area contributed by atoms with Crippen molar-refractivity contribution in [1.29, 1.82) is 0 Å². The monoisotopic (exact) mass is 210 g/mol. The molecule has 1 atom stereocenters. The smallest absolute Gasteiger partial charge is 0.383 e. The Balaban J connectivity index is 2.50. The van der Waals surface area contributed by atoms with Crippen molar-refractivity contribution in [1.82, 2.24) is 0 Å². The van der Waals surface area contributed by atoms with Crippen molar-refractivity contribution >= 4 is 0 Å². The van der Waals surface area contributed by atoms with Crippen LogP contribution >= 0.6 is 0 Å². The Kier molecular flexibility index (Phi) is 3.14. The summed E-state index contributed by atoms with van der Waals surface area (Å²) in [6.45, 7) is 4.12. The summed E-state index contributed by atoms with van der Waals surface area (Å²) in [6, 6.07) is 0. The Morgan fingerprint density at radius 3 is 2.00 bits per heavy atom. The number of halogens is 3. The maximum Gasteiger partial charge on any atom is 0.414 e. The molecule has 1 nitrogen and oxygen atoms in total. The third-order valence-electron chi connectivity index (χ3n) is 3.17. The van der Waals surface area contributed by atoms with E-state index in [4.69, 9.17) is 5.11 Å². The van der Waals surface area contributed by atoms with E-state index in [-0.39, 0.29) is 5.41 Å². The molecule has 1 saturated carbocycles. The van der Waals surface area contributed by atoms with Crippen LogP contribution in [0.25, 0.3) is 0 Å². The van der Waals surface area contributed by atoms with Crippen LogP contribution in [0.15, 0.2) is 0 Å². The van der Waals surface area contributed by atoms with Crippen LogP contribution in [0.4, 0.5) is 13.2 Å². The molecule has 0 aliphatic heterocycles. The van der Waals surface area contributed by atoms with Gasteiger partial charge in [-0.25, -0.2) is 0 Å². The van der Waals surface area contributed by atoms with Gasteiger partial charge in [-0.2, -0.15) is 13.2 Å². The summed E-state index contributed by atoms with van der Waals surface area (Å²) in [5.41, 5.74) is 0.141. The van der Waals surface area contributed by atoms with Gasteiger partial charge in [-0.1, -0.05) is 13.8 Å². The van der Waals surface area contributed by atoms with Crippen molar-refractivity contribution in [3.63, 3.8) is 0 Å². The molecule has 1 unspecified atom stereocenters. The van der Waals surface area contributed by atoms with E-state index in [1.54, 1.807) is 0 Å². The van der Waals surface area contributed by atoms with Crippen molar-refractivity contribution in [3.05, 3.63) is 0 Å². The minimum absolute atomic E-state index is 0.141. The number of hydrogen-bond acceptors (Lipinski definition) is 1. The zero-order valence-corrected chi connectivity index (χ0v) is 8.56. The first-order chi connectivity index (χ1) is 6.22. The van der Waals surface area contributed by atoms with Gasteiger partial charge in [0.05, 0.1) is 0 Å². The average molecular weight is 210 g/mol. The molecule has 0 aromatic rings. The molecule has 1 aliphatic carbocycles. The molecule has 4 heteroatoms. The first-order valence-electron chi connectivity index (χ1n) is 4.97. The van der Waals surface area contributed by atoms with Crippen LogP contribution in [0.1, 0.15) is 39.5 Å². The van der Waals surface area contributed by atoms with E-state index < -0.39 is 18.2 Å². The number of hydrogen-bond donors (Lipinski definition) is 1. The third-order valence-corrected chi connectivity index (χ3v) is 3.17. The van der Waals surface area contributed by atoms with E-state index >= 15 is 0 Å².